The van der Waals surface area contributed by atoms with E-state index in [0.29, 0.717) is 24.4 Å². The third-order valence-corrected chi connectivity index (χ3v) is 2.60. The molecule has 0 heterocycles. The van der Waals surface area contributed by atoms with Gasteiger partial charge in [-0.3, -0.25) is 0 Å². The van der Waals surface area contributed by atoms with Crippen molar-refractivity contribution in [1.82, 2.24) is 0 Å². The van der Waals surface area contributed by atoms with E-state index in [1.807, 2.05) is 0 Å². The van der Waals surface area contributed by atoms with Crippen LogP contribution in [0.5, 0.6) is 0 Å². The van der Waals surface area contributed by atoms with Gasteiger partial charge in [0.15, 0.2) is 0 Å². The summed E-state index contributed by atoms with van der Waals surface area (Å²) in [6.45, 7) is 0.340. The Morgan fingerprint density at radius 2 is 2.20 bits per heavy atom. The van der Waals surface area contributed by atoms with Gasteiger partial charge in [0.1, 0.15) is 0 Å². The van der Waals surface area contributed by atoms with Gasteiger partial charge < -0.3 is 5.11 Å². The number of hydrogen-bond donors (Lipinski definition) is 1. The monoisotopic (exact) mass is 136 g/mol. The molecule has 0 aromatic heterocycles. The molecule has 0 amide bonds. The van der Waals surface area contributed by atoms with Crippen molar-refractivity contribution in [3.63, 3.8) is 0 Å². The summed E-state index contributed by atoms with van der Waals surface area (Å²) < 4.78 is 0. The van der Waals surface area contributed by atoms with Gasteiger partial charge in [0.2, 0.25) is 0 Å². The third kappa shape index (κ3) is 0.739. The Bertz CT molecular complexity index is 179. The molecule has 2 rings (SSSR count). The van der Waals surface area contributed by atoms with Gasteiger partial charge >= 0.3 is 0 Å². The van der Waals surface area contributed by atoms with Crippen LogP contribution in [0.25, 0.3) is 0 Å². The molecule has 0 radical (unpaired) electrons. The molecule has 10 heavy (non-hydrogen) atoms. The van der Waals surface area contributed by atoms with Crippen LogP contribution in [0.15, 0.2) is 24.3 Å². The summed E-state index contributed by atoms with van der Waals surface area (Å²) in [4.78, 5) is 0. The van der Waals surface area contributed by atoms with Crippen LogP contribution < -0.4 is 0 Å². The molecule has 3 atom stereocenters. The zero-order valence-electron chi connectivity index (χ0n) is 5.90. The maximum atomic E-state index is 9.00. The minimum Gasteiger partial charge on any atom is -0.396 e. The fourth-order valence-corrected chi connectivity index (χ4v) is 1.95. The standard InChI is InChI=1S/C9H12O/c10-6-9-7-2-1-3-8(9)5-4-7/h1-2,4-5,7-10H,3,6H2. The number of allylic oxidation sites excluding steroid dienone is 4. The first-order chi connectivity index (χ1) is 4.92. The van der Waals surface area contributed by atoms with E-state index in [0.717, 1.165) is 6.42 Å². The molecule has 0 saturated carbocycles. The highest BCUT2D eigenvalue weighted by molar-refractivity contribution is 5.18. The van der Waals surface area contributed by atoms with E-state index in [1.165, 1.54) is 0 Å². The van der Waals surface area contributed by atoms with Crippen LogP contribution >= 0.6 is 0 Å². The molecule has 3 unspecified atom stereocenters. The van der Waals surface area contributed by atoms with Crippen molar-refractivity contribution in [3.8, 4) is 0 Å². The third-order valence-electron chi connectivity index (χ3n) is 2.60. The van der Waals surface area contributed by atoms with Gasteiger partial charge in [-0.15, -0.1) is 0 Å². The van der Waals surface area contributed by atoms with E-state index in [9.17, 15) is 0 Å². The first kappa shape index (κ1) is 6.17. The molecule has 1 nitrogen and oxygen atoms in total. The Balaban J connectivity index is 2.21. The summed E-state index contributed by atoms with van der Waals surface area (Å²) in [5.41, 5.74) is 0. The highest BCUT2D eigenvalue weighted by Crippen LogP contribution is 2.37. The minimum absolute atomic E-state index is 0.340. The zero-order valence-corrected chi connectivity index (χ0v) is 5.90. The molecule has 0 aromatic carbocycles. The maximum absolute atomic E-state index is 9.00. The smallest absolute Gasteiger partial charge is 0.0473 e. The van der Waals surface area contributed by atoms with Crippen LogP contribution in [0, 0.1) is 17.8 Å². The predicted octanol–water partition coefficient (Wildman–Crippen LogP) is 1.36. The van der Waals surface area contributed by atoms with E-state index < -0.39 is 0 Å². The fraction of sp³-hybridized carbons (Fsp3) is 0.556. The lowest BCUT2D eigenvalue weighted by molar-refractivity contribution is 0.179. The molecule has 54 valence electrons. The largest absolute Gasteiger partial charge is 0.396 e. The Labute approximate surface area is 61.1 Å². The molecule has 2 bridgehead atoms. The molecule has 2 aliphatic rings. The van der Waals surface area contributed by atoms with Crippen molar-refractivity contribution in [2.75, 3.05) is 6.61 Å². The van der Waals surface area contributed by atoms with E-state index in [4.69, 9.17) is 5.11 Å². The van der Waals surface area contributed by atoms with Crippen LogP contribution in [0.2, 0.25) is 0 Å². The molecular weight excluding hydrogens is 124 g/mol. The van der Waals surface area contributed by atoms with Crippen LogP contribution in [-0.4, -0.2) is 11.7 Å². The average Bonchev–Trinajstić information content (AvgIpc) is 2.19. The Hall–Kier alpha value is -0.560. The summed E-state index contributed by atoms with van der Waals surface area (Å²) in [5, 5.41) is 9.00. The normalized spacial score (nSPS) is 42.7. The molecule has 1 N–H and O–H groups in total. The lowest BCUT2D eigenvalue weighted by Crippen LogP contribution is -2.21. The van der Waals surface area contributed by atoms with Gasteiger partial charge in [-0.2, -0.15) is 0 Å². The molecule has 0 spiro atoms. The van der Waals surface area contributed by atoms with Crippen LogP contribution in [0.1, 0.15) is 6.42 Å². The zero-order chi connectivity index (χ0) is 6.97. The van der Waals surface area contributed by atoms with Crippen molar-refractivity contribution >= 4 is 0 Å². The van der Waals surface area contributed by atoms with E-state index >= 15 is 0 Å². The minimum atomic E-state index is 0.340. The Morgan fingerprint density at radius 1 is 1.30 bits per heavy atom. The number of hydrogen-bond acceptors (Lipinski definition) is 1. The topological polar surface area (TPSA) is 20.2 Å². The van der Waals surface area contributed by atoms with Gasteiger partial charge in [0.05, 0.1) is 0 Å². The number of fused-ring (bicyclic) bond motifs is 2. The van der Waals surface area contributed by atoms with Crippen molar-refractivity contribution in [2.45, 2.75) is 6.42 Å². The molecular formula is C9H12O. The fourth-order valence-electron chi connectivity index (χ4n) is 1.95. The van der Waals surface area contributed by atoms with E-state index in [2.05, 4.69) is 24.3 Å². The lowest BCUT2D eigenvalue weighted by Gasteiger charge is -2.23. The average molecular weight is 136 g/mol. The van der Waals surface area contributed by atoms with Crippen molar-refractivity contribution in [3.05, 3.63) is 24.3 Å². The first-order valence-electron chi connectivity index (χ1n) is 3.87. The summed E-state index contributed by atoms with van der Waals surface area (Å²) in [6.07, 6.45) is 10.0. The molecule has 0 saturated heterocycles. The number of aliphatic hydroxyl groups excluding tert-OH is 1. The lowest BCUT2D eigenvalue weighted by atomic mass is 9.82. The van der Waals surface area contributed by atoms with Crippen LogP contribution in [-0.2, 0) is 0 Å². The Kier molecular flexibility index (Phi) is 1.38. The van der Waals surface area contributed by atoms with Gasteiger partial charge in [-0.05, 0) is 18.3 Å². The second-order valence-electron chi connectivity index (χ2n) is 3.14. The molecule has 0 fully saturated rings. The summed E-state index contributed by atoms with van der Waals surface area (Å²) >= 11 is 0. The van der Waals surface area contributed by atoms with Crippen molar-refractivity contribution < 1.29 is 5.11 Å². The molecule has 0 aliphatic heterocycles. The highest BCUT2D eigenvalue weighted by Gasteiger charge is 2.30. The SMILES string of the molecule is OCC1C2C=CCC1C=C2. The first-order valence-corrected chi connectivity index (χ1v) is 3.87. The van der Waals surface area contributed by atoms with Gasteiger partial charge in [0.25, 0.3) is 0 Å². The second-order valence-corrected chi connectivity index (χ2v) is 3.14. The van der Waals surface area contributed by atoms with E-state index in [-0.39, 0.29) is 0 Å². The molecule has 1 heteroatoms. The summed E-state index contributed by atoms with van der Waals surface area (Å²) in [6, 6.07) is 0. The van der Waals surface area contributed by atoms with E-state index in [1.54, 1.807) is 0 Å². The van der Waals surface area contributed by atoms with Gasteiger partial charge in [-0.1, -0.05) is 24.3 Å². The van der Waals surface area contributed by atoms with Gasteiger partial charge in [-0.25, -0.2) is 0 Å². The number of aliphatic hydroxyl groups is 1. The van der Waals surface area contributed by atoms with Crippen LogP contribution in [0.4, 0.5) is 0 Å². The highest BCUT2D eigenvalue weighted by atomic mass is 16.3. The number of rotatable bonds is 1. The van der Waals surface area contributed by atoms with Crippen LogP contribution in [0.3, 0.4) is 0 Å². The predicted molar refractivity (Wildman–Crippen MR) is 40.5 cm³/mol. The quantitative estimate of drug-likeness (QED) is 0.539. The van der Waals surface area contributed by atoms with Crippen molar-refractivity contribution in [1.29, 1.82) is 0 Å². The van der Waals surface area contributed by atoms with Crippen molar-refractivity contribution in [2.24, 2.45) is 17.8 Å². The van der Waals surface area contributed by atoms with Gasteiger partial charge in [0, 0.05) is 12.5 Å². The maximum Gasteiger partial charge on any atom is 0.0473 e. The second kappa shape index (κ2) is 2.24. The molecule has 2 aliphatic carbocycles. The Morgan fingerprint density at radius 3 is 2.80 bits per heavy atom. The molecule has 0 aromatic rings. The summed E-state index contributed by atoms with van der Waals surface area (Å²) in [7, 11) is 0. The summed E-state index contributed by atoms with van der Waals surface area (Å²) in [5.74, 6) is 1.65.